The molecule has 3 rings (SSSR count). The lowest BCUT2D eigenvalue weighted by molar-refractivity contribution is 0.0947. The van der Waals surface area contributed by atoms with E-state index in [0.29, 0.717) is 29.2 Å². The van der Waals surface area contributed by atoms with Crippen LogP contribution in [0.4, 0.5) is 5.69 Å². The van der Waals surface area contributed by atoms with Gasteiger partial charge in [0.1, 0.15) is 0 Å². The monoisotopic (exact) mass is 392 g/mol. The number of para-hydroxylation sites is 1. The SMILES string of the molecule is CCN(C(=O)c1ccc(C(=O)NCc2ccccc2Cl)cc1)c1ccccc1. The molecule has 4 nitrogen and oxygen atoms in total. The Hall–Kier alpha value is -3.11. The molecule has 3 aromatic rings. The molecule has 1 N–H and O–H groups in total. The van der Waals surface area contributed by atoms with E-state index in [0.717, 1.165) is 11.3 Å². The molecule has 0 heterocycles. The molecule has 142 valence electrons. The van der Waals surface area contributed by atoms with E-state index in [1.807, 2.05) is 55.5 Å². The van der Waals surface area contributed by atoms with E-state index < -0.39 is 0 Å². The number of halogens is 1. The molecule has 0 atom stereocenters. The van der Waals surface area contributed by atoms with Gasteiger partial charge in [-0.15, -0.1) is 0 Å². The number of anilines is 1. The maximum Gasteiger partial charge on any atom is 0.258 e. The van der Waals surface area contributed by atoms with E-state index in [1.165, 1.54) is 0 Å². The van der Waals surface area contributed by atoms with Crippen molar-refractivity contribution >= 4 is 29.1 Å². The zero-order valence-electron chi connectivity index (χ0n) is 15.6. The first-order chi connectivity index (χ1) is 13.6. The molecule has 0 radical (unpaired) electrons. The Kier molecular flexibility index (Phi) is 6.45. The zero-order valence-corrected chi connectivity index (χ0v) is 16.3. The largest absolute Gasteiger partial charge is 0.348 e. The Labute approximate surface area is 169 Å². The number of amides is 2. The van der Waals surface area contributed by atoms with Gasteiger partial charge in [-0.3, -0.25) is 9.59 Å². The molecule has 0 aliphatic rings. The highest BCUT2D eigenvalue weighted by molar-refractivity contribution is 6.31. The first-order valence-corrected chi connectivity index (χ1v) is 9.46. The highest BCUT2D eigenvalue weighted by Gasteiger charge is 2.16. The smallest absolute Gasteiger partial charge is 0.258 e. The summed E-state index contributed by atoms with van der Waals surface area (Å²) >= 11 is 6.11. The predicted octanol–water partition coefficient (Wildman–Crippen LogP) is 4.94. The summed E-state index contributed by atoms with van der Waals surface area (Å²) in [6.07, 6.45) is 0. The minimum absolute atomic E-state index is 0.100. The topological polar surface area (TPSA) is 49.4 Å². The standard InChI is InChI=1S/C23H21ClN2O2/c1-2-26(20-9-4-3-5-10-20)23(28)18-14-12-17(13-15-18)22(27)25-16-19-8-6-7-11-21(19)24/h3-15H,2,16H2,1H3,(H,25,27). The Morgan fingerprint density at radius 2 is 1.46 bits per heavy atom. The number of nitrogens with one attached hydrogen (secondary N) is 1. The fraction of sp³-hybridized carbons (Fsp3) is 0.130. The summed E-state index contributed by atoms with van der Waals surface area (Å²) in [5, 5.41) is 3.46. The number of carbonyl (C=O) groups excluding carboxylic acids is 2. The second-order valence-corrected chi connectivity index (χ2v) is 6.64. The Morgan fingerprint density at radius 3 is 2.11 bits per heavy atom. The van der Waals surface area contributed by atoms with Crippen molar-refractivity contribution in [3.63, 3.8) is 0 Å². The van der Waals surface area contributed by atoms with Gasteiger partial charge in [0, 0.05) is 34.9 Å². The van der Waals surface area contributed by atoms with Gasteiger partial charge < -0.3 is 10.2 Å². The minimum Gasteiger partial charge on any atom is -0.348 e. The molecule has 0 aliphatic carbocycles. The van der Waals surface area contributed by atoms with Crippen molar-refractivity contribution in [1.29, 1.82) is 0 Å². The Morgan fingerprint density at radius 1 is 0.857 bits per heavy atom. The van der Waals surface area contributed by atoms with E-state index in [-0.39, 0.29) is 11.8 Å². The Bertz CT molecular complexity index is 956. The van der Waals surface area contributed by atoms with E-state index in [4.69, 9.17) is 11.6 Å². The van der Waals surface area contributed by atoms with E-state index >= 15 is 0 Å². The fourth-order valence-electron chi connectivity index (χ4n) is 2.89. The highest BCUT2D eigenvalue weighted by atomic mass is 35.5. The summed E-state index contributed by atoms with van der Waals surface area (Å²) in [4.78, 5) is 26.9. The molecule has 5 heteroatoms. The van der Waals surface area contributed by atoms with Crippen molar-refractivity contribution in [1.82, 2.24) is 5.32 Å². The summed E-state index contributed by atoms with van der Waals surface area (Å²) in [6, 6.07) is 23.6. The molecule has 0 spiro atoms. The molecule has 0 unspecified atom stereocenters. The molecule has 0 fully saturated rings. The minimum atomic E-state index is -0.214. The van der Waals surface area contributed by atoms with Crippen LogP contribution in [0.3, 0.4) is 0 Å². The number of benzene rings is 3. The third kappa shape index (κ3) is 4.59. The van der Waals surface area contributed by atoms with Crippen LogP contribution in [0.5, 0.6) is 0 Å². The number of hydrogen-bond acceptors (Lipinski definition) is 2. The van der Waals surface area contributed by atoms with Gasteiger partial charge in [0.05, 0.1) is 0 Å². The molecular formula is C23H21ClN2O2. The lowest BCUT2D eigenvalue weighted by Crippen LogP contribution is -2.30. The maximum absolute atomic E-state index is 12.8. The molecule has 0 saturated heterocycles. The van der Waals surface area contributed by atoms with Gasteiger partial charge in [-0.25, -0.2) is 0 Å². The lowest BCUT2D eigenvalue weighted by Gasteiger charge is -2.21. The normalized spacial score (nSPS) is 10.4. The van der Waals surface area contributed by atoms with Crippen LogP contribution >= 0.6 is 11.6 Å². The van der Waals surface area contributed by atoms with Gasteiger partial charge in [0.15, 0.2) is 0 Å². The van der Waals surface area contributed by atoms with E-state index in [2.05, 4.69) is 5.32 Å². The lowest BCUT2D eigenvalue weighted by atomic mass is 10.1. The van der Waals surface area contributed by atoms with Crippen LogP contribution in [0.25, 0.3) is 0 Å². The molecular weight excluding hydrogens is 372 g/mol. The van der Waals surface area contributed by atoms with Crippen LogP contribution in [0.1, 0.15) is 33.2 Å². The molecule has 0 saturated carbocycles. The molecule has 28 heavy (non-hydrogen) atoms. The number of nitrogens with zero attached hydrogens (tertiary/aromatic N) is 1. The summed E-state index contributed by atoms with van der Waals surface area (Å²) < 4.78 is 0. The summed E-state index contributed by atoms with van der Waals surface area (Å²) in [6.45, 7) is 2.83. The van der Waals surface area contributed by atoms with Gasteiger partial charge >= 0.3 is 0 Å². The second kappa shape index (κ2) is 9.20. The van der Waals surface area contributed by atoms with Crippen LogP contribution in [0, 0.1) is 0 Å². The third-order valence-corrected chi connectivity index (χ3v) is 4.79. The van der Waals surface area contributed by atoms with Gasteiger partial charge in [-0.2, -0.15) is 0 Å². The molecule has 0 bridgehead atoms. The number of hydrogen-bond donors (Lipinski definition) is 1. The quantitative estimate of drug-likeness (QED) is 0.646. The number of carbonyl (C=O) groups is 2. The number of rotatable bonds is 6. The van der Waals surface area contributed by atoms with Gasteiger partial charge in [0.2, 0.25) is 0 Å². The van der Waals surface area contributed by atoms with Crippen molar-refractivity contribution in [3.05, 3.63) is 101 Å². The first kappa shape index (κ1) is 19.6. The fourth-order valence-corrected chi connectivity index (χ4v) is 3.09. The Balaban J connectivity index is 1.68. The van der Waals surface area contributed by atoms with E-state index in [9.17, 15) is 9.59 Å². The second-order valence-electron chi connectivity index (χ2n) is 6.24. The zero-order chi connectivity index (χ0) is 19.9. The molecule has 0 aromatic heterocycles. The highest BCUT2D eigenvalue weighted by Crippen LogP contribution is 2.17. The van der Waals surface area contributed by atoms with Crippen molar-refractivity contribution in [2.45, 2.75) is 13.5 Å². The summed E-state index contributed by atoms with van der Waals surface area (Å²) in [5.74, 6) is -0.314. The van der Waals surface area contributed by atoms with Crippen LogP contribution in [-0.2, 0) is 6.54 Å². The average Bonchev–Trinajstić information content (AvgIpc) is 2.74. The summed E-state index contributed by atoms with van der Waals surface area (Å²) in [5.41, 5.74) is 2.72. The van der Waals surface area contributed by atoms with Crippen molar-refractivity contribution in [3.8, 4) is 0 Å². The molecule has 2 amide bonds. The molecule has 3 aromatic carbocycles. The van der Waals surface area contributed by atoms with Crippen LogP contribution in [-0.4, -0.2) is 18.4 Å². The first-order valence-electron chi connectivity index (χ1n) is 9.08. The average molecular weight is 393 g/mol. The predicted molar refractivity (Wildman–Crippen MR) is 113 cm³/mol. The van der Waals surface area contributed by atoms with Crippen molar-refractivity contribution in [2.75, 3.05) is 11.4 Å². The van der Waals surface area contributed by atoms with Gasteiger partial charge in [-0.1, -0.05) is 48.0 Å². The van der Waals surface area contributed by atoms with Crippen LogP contribution in [0.2, 0.25) is 5.02 Å². The van der Waals surface area contributed by atoms with Gasteiger partial charge in [-0.05, 0) is 55.0 Å². The van der Waals surface area contributed by atoms with Crippen molar-refractivity contribution < 1.29 is 9.59 Å². The maximum atomic E-state index is 12.8. The van der Waals surface area contributed by atoms with Crippen molar-refractivity contribution in [2.24, 2.45) is 0 Å². The van der Waals surface area contributed by atoms with Crippen LogP contribution in [0.15, 0.2) is 78.9 Å². The third-order valence-electron chi connectivity index (χ3n) is 4.42. The van der Waals surface area contributed by atoms with Crippen LogP contribution < -0.4 is 10.2 Å². The summed E-state index contributed by atoms with van der Waals surface area (Å²) in [7, 11) is 0. The van der Waals surface area contributed by atoms with Gasteiger partial charge in [0.25, 0.3) is 11.8 Å². The van der Waals surface area contributed by atoms with E-state index in [1.54, 1.807) is 35.2 Å². The molecule has 0 aliphatic heterocycles.